The lowest BCUT2D eigenvalue weighted by molar-refractivity contribution is 0.328. The third kappa shape index (κ3) is 3.79. The van der Waals surface area contributed by atoms with E-state index in [-0.39, 0.29) is 6.04 Å². The molecule has 0 spiro atoms. The maximum Gasteiger partial charge on any atom is 0.123 e. The van der Waals surface area contributed by atoms with Crippen LogP contribution in [0.1, 0.15) is 22.7 Å². The summed E-state index contributed by atoms with van der Waals surface area (Å²) < 4.78 is 13.3. The van der Waals surface area contributed by atoms with Gasteiger partial charge in [-0.3, -0.25) is 4.90 Å². The average molecular weight is 401 g/mol. The molecule has 0 aliphatic rings. The van der Waals surface area contributed by atoms with E-state index in [2.05, 4.69) is 78.3 Å². The summed E-state index contributed by atoms with van der Waals surface area (Å²) in [6.45, 7) is 0.802. The van der Waals surface area contributed by atoms with Gasteiger partial charge in [0, 0.05) is 29.2 Å². The standard InChI is InChI=1S/C26H28N2O2/c1-27(2)26(22-10-6-8-12-25(22)30-4)23-18-28(24-11-7-5-9-21(23)24)17-19-13-15-20(29-3)16-14-19/h5-16,18,26H,17H2,1-4H3. The average Bonchev–Trinajstić information content (AvgIpc) is 3.12. The van der Waals surface area contributed by atoms with Crippen molar-refractivity contribution in [3.8, 4) is 11.5 Å². The molecule has 1 atom stereocenters. The molecule has 0 bridgehead atoms. The van der Waals surface area contributed by atoms with Gasteiger partial charge in [-0.1, -0.05) is 48.5 Å². The molecule has 0 aliphatic carbocycles. The molecule has 0 N–H and O–H groups in total. The maximum atomic E-state index is 5.69. The summed E-state index contributed by atoms with van der Waals surface area (Å²) in [4.78, 5) is 2.25. The Hall–Kier alpha value is -3.24. The first-order valence-corrected chi connectivity index (χ1v) is 10.1. The molecule has 4 heteroatoms. The Balaban J connectivity index is 1.82. The van der Waals surface area contributed by atoms with E-state index in [1.54, 1.807) is 14.2 Å². The molecule has 4 aromatic rings. The van der Waals surface area contributed by atoms with Crippen LogP contribution >= 0.6 is 0 Å². The molecule has 1 unspecified atom stereocenters. The van der Waals surface area contributed by atoms with Crippen molar-refractivity contribution in [2.75, 3.05) is 28.3 Å². The van der Waals surface area contributed by atoms with Crippen LogP contribution in [0.25, 0.3) is 10.9 Å². The number of rotatable bonds is 7. The van der Waals surface area contributed by atoms with Crippen LogP contribution in [0.3, 0.4) is 0 Å². The predicted molar refractivity (Wildman–Crippen MR) is 123 cm³/mol. The normalized spacial score (nSPS) is 12.3. The second kappa shape index (κ2) is 8.64. The van der Waals surface area contributed by atoms with Gasteiger partial charge in [0.15, 0.2) is 0 Å². The molecule has 3 aromatic carbocycles. The van der Waals surface area contributed by atoms with E-state index >= 15 is 0 Å². The van der Waals surface area contributed by atoms with E-state index < -0.39 is 0 Å². The van der Waals surface area contributed by atoms with Crippen LogP contribution < -0.4 is 9.47 Å². The molecule has 0 saturated heterocycles. The monoisotopic (exact) mass is 400 g/mol. The molecular formula is C26H28N2O2. The Bertz CT molecular complexity index is 1130. The predicted octanol–water partition coefficient (Wildman–Crippen LogP) is 5.36. The lowest BCUT2D eigenvalue weighted by Crippen LogP contribution is -2.21. The summed E-state index contributed by atoms with van der Waals surface area (Å²) in [7, 11) is 7.66. The minimum atomic E-state index is 0.0863. The summed E-state index contributed by atoms with van der Waals surface area (Å²) in [6.07, 6.45) is 2.28. The van der Waals surface area contributed by atoms with Gasteiger partial charge < -0.3 is 14.0 Å². The highest BCUT2D eigenvalue weighted by molar-refractivity contribution is 5.85. The zero-order chi connectivity index (χ0) is 21.1. The zero-order valence-corrected chi connectivity index (χ0v) is 18.0. The third-order valence-corrected chi connectivity index (χ3v) is 5.58. The molecule has 1 aromatic heterocycles. The second-order valence-corrected chi connectivity index (χ2v) is 7.69. The van der Waals surface area contributed by atoms with Gasteiger partial charge in [0.2, 0.25) is 0 Å². The first-order chi connectivity index (χ1) is 14.6. The largest absolute Gasteiger partial charge is 0.497 e. The molecule has 0 radical (unpaired) electrons. The van der Waals surface area contributed by atoms with Crippen molar-refractivity contribution in [1.29, 1.82) is 0 Å². The van der Waals surface area contributed by atoms with Crippen molar-refractivity contribution in [2.45, 2.75) is 12.6 Å². The third-order valence-electron chi connectivity index (χ3n) is 5.58. The van der Waals surface area contributed by atoms with E-state index in [1.165, 1.54) is 22.0 Å². The Morgan fingerprint density at radius 2 is 1.50 bits per heavy atom. The van der Waals surface area contributed by atoms with E-state index in [0.29, 0.717) is 0 Å². The van der Waals surface area contributed by atoms with Crippen LogP contribution in [0, 0.1) is 0 Å². The Morgan fingerprint density at radius 3 is 2.20 bits per heavy atom. The first kappa shape index (κ1) is 20.0. The summed E-state index contributed by atoms with van der Waals surface area (Å²) in [5.74, 6) is 1.78. The Labute approximate surface area is 178 Å². The summed E-state index contributed by atoms with van der Waals surface area (Å²) in [6, 6.07) is 25.2. The highest BCUT2D eigenvalue weighted by Gasteiger charge is 2.24. The lowest BCUT2D eigenvalue weighted by atomic mass is 9.96. The quantitative estimate of drug-likeness (QED) is 0.418. The highest BCUT2D eigenvalue weighted by atomic mass is 16.5. The fourth-order valence-electron chi connectivity index (χ4n) is 4.17. The SMILES string of the molecule is COc1ccc(Cn2cc(C(c3ccccc3OC)N(C)C)c3ccccc32)cc1. The van der Waals surface area contributed by atoms with Crippen molar-refractivity contribution < 1.29 is 9.47 Å². The highest BCUT2D eigenvalue weighted by Crippen LogP contribution is 2.37. The lowest BCUT2D eigenvalue weighted by Gasteiger charge is -2.26. The summed E-state index contributed by atoms with van der Waals surface area (Å²) in [5, 5.41) is 1.26. The van der Waals surface area contributed by atoms with Crippen LogP contribution in [0.2, 0.25) is 0 Å². The van der Waals surface area contributed by atoms with Gasteiger partial charge in [-0.05, 0) is 49.5 Å². The summed E-state index contributed by atoms with van der Waals surface area (Å²) >= 11 is 0. The molecular weight excluding hydrogens is 372 g/mol. The zero-order valence-electron chi connectivity index (χ0n) is 18.0. The van der Waals surface area contributed by atoms with Crippen molar-refractivity contribution in [1.82, 2.24) is 9.47 Å². The van der Waals surface area contributed by atoms with Gasteiger partial charge in [0.25, 0.3) is 0 Å². The smallest absolute Gasteiger partial charge is 0.123 e. The number of nitrogens with zero attached hydrogens (tertiary/aromatic N) is 2. The maximum absolute atomic E-state index is 5.69. The van der Waals surface area contributed by atoms with Crippen LogP contribution in [0.5, 0.6) is 11.5 Å². The van der Waals surface area contributed by atoms with Crippen molar-refractivity contribution >= 4 is 10.9 Å². The molecule has 30 heavy (non-hydrogen) atoms. The first-order valence-electron chi connectivity index (χ1n) is 10.1. The number of fused-ring (bicyclic) bond motifs is 1. The number of aromatic nitrogens is 1. The van der Waals surface area contributed by atoms with Gasteiger partial charge in [-0.15, -0.1) is 0 Å². The van der Waals surface area contributed by atoms with Crippen LogP contribution in [-0.2, 0) is 6.54 Å². The Morgan fingerprint density at radius 1 is 0.800 bits per heavy atom. The summed E-state index contributed by atoms with van der Waals surface area (Å²) in [5.41, 5.74) is 4.90. The van der Waals surface area contributed by atoms with E-state index in [4.69, 9.17) is 9.47 Å². The number of benzene rings is 3. The van der Waals surface area contributed by atoms with Crippen molar-refractivity contribution in [3.05, 3.63) is 95.7 Å². The number of para-hydroxylation sites is 2. The second-order valence-electron chi connectivity index (χ2n) is 7.69. The van der Waals surface area contributed by atoms with Gasteiger partial charge in [-0.2, -0.15) is 0 Å². The molecule has 0 fully saturated rings. The van der Waals surface area contributed by atoms with Crippen molar-refractivity contribution in [2.24, 2.45) is 0 Å². The number of methoxy groups -OCH3 is 2. The number of ether oxygens (including phenoxy) is 2. The topological polar surface area (TPSA) is 26.6 Å². The molecule has 4 rings (SSSR count). The van der Waals surface area contributed by atoms with Crippen LogP contribution in [-0.4, -0.2) is 37.8 Å². The Kier molecular flexibility index (Phi) is 5.77. The number of hydrogen-bond donors (Lipinski definition) is 0. The molecule has 0 amide bonds. The van der Waals surface area contributed by atoms with Gasteiger partial charge in [0.05, 0.1) is 20.3 Å². The van der Waals surface area contributed by atoms with E-state index in [0.717, 1.165) is 23.6 Å². The molecule has 1 heterocycles. The molecule has 0 aliphatic heterocycles. The van der Waals surface area contributed by atoms with Gasteiger partial charge in [0.1, 0.15) is 11.5 Å². The van der Waals surface area contributed by atoms with Crippen LogP contribution in [0.4, 0.5) is 0 Å². The van der Waals surface area contributed by atoms with Gasteiger partial charge in [-0.25, -0.2) is 0 Å². The van der Waals surface area contributed by atoms with E-state index in [1.807, 2.05) is 24.3 Å². The van der Waals surface area contributed by atoms with Crippen LogP contribution in [0.15, 0.2) is 79.0 Å². The van der Waals surface area contributed by atoms with E-state index in [9.17, 15) is 0 Å². The molecule has 0 saturated carbocycles. The minimum absolute atomic E-state index is 0.0863. The van der Waals surface area contributed by atoms with Gasteiger partial charge >= 0.3 is 0 Å². The fourth-order valence-corrected chi connectivity index (χ4v) is 4.17. The number of hydrogen-bond acceptors (Lipinski definition) is 3. The molecule has 4 nitrogen and oxygen atoms in total. The molecule has 154 valence electrons. The van der Waals surface area contributed by atoms with Crippen molar-refractivity contribution in [3.63, 3.8) is 0 Å². The fraction of sp³-hybridized carbons (Fsp3) is 0.231. The minimum Gasteiger partial charge on any atom is -0.497 e.